The Labute approximate surface area is 173 Å². The summed E-state index contributed by atoms with van der Waals surface area (Å²) >= 11 is 0. The van der Waals surface area contributed by atoms with E-state index in [0.717, 1.165) is 38.6 Å². The lowest BCUT2D eigenvalue weighted by molar-refractivity contribution is -0.138. The molecule has 6 nitrogen and oxygen atoms in total. The summed E-state index contributed by atoms with van der Waals surface area (Å²) < 4.78 is 0. The number of rotatable bonds is 4. The first kappa shape index (κ1) is 20.2. The second-order valence-electron chi connectivity index (χ2n) is 9.13. The zero-order chi connectivity index (χ0) is 20.4. The maximum absolute atomic E-state index is 13.1. The molecule has 3 atom stereocenters. The average Bonchev–Trinajstić information content (AvgIpc) is 2.86. The first-order valence-corrected chi connectivity index (χ1v) is 11.1. The molecule has 0 aromatic heterocycles. The van der Waals surface area contributed by atoms with Gasteiger partial charge in [-0.1, -0.05) is 24.3 Å². The number of hydrogen-bond acceptors (Lipinski definition) is 3. The number of likely N-dealkylation sites (tertiary alicyclic amines) is 1. The second kappa shape index (κ2) is 8.74. The molecule has 2 amide bonds. The maximum atomic E-state index is 13.1. The number of carboxylic acids is 1. The van der Waals surface area contributed by atoms with Crippen LogP contribution in [-0.2, 0) is 17.6 Å². The number of aliphatic carboxylic acids is 1. The summed E-state index contributed by atoms with van der Waals surface area (Å²) in [6.07, 6.45) is 7.24. The molecule has 2 fully saturated rings. The minimum atomic E-state index is -0.795. The second-order valence-corrected chi connectivity index (χ2v) is 9.13. The molecule has 2 aliphatic carbocycles. The smallest absolute Gasteiger partial charge is 0.317 e. The molecule has 1 aliphatic heterocycles. The van der Waals surface area contributed by atoms with Crippen molar-refractivity contribution in [1.82, 2.24) is 15.1 Å². The highest BCUT2D eigenvalue weighted by Gasteiger charge is 2.40. The maximum Gasteiger partial charge on any atom is 0.317 e. The van der Waals surface area contributed by atoms with Gasteiger partial charge < -0.3 is 15.3 Å². The van der Waals surface area contributed by atoms with E-state index in [4.69, 9.17) is 5.11 Å². The zero-order valence-corrected chi connectivity index (χ0v) is 17.3. The van der Waals surface area contributed by atoms with Gasteiger partial charge in [0.15, 0.2) is 0 Å². The first-order chi connectivity index (χ1) is 14.0. The molecule has 2 bridgehead atoms. The summed E-state index contributed by atoms with van der Waals surface area (Å²) in [5.74, 6) is 0.277. The lowest BCUT2D eigenvalue weighted by Crippen LogP contribution is -2.49. The van der Waals surface area contributed by atoms with Crippen molar-refractivity contribution in [3.63, 3.8) is 0 Å². The first-order valence-electron chi connectivity index (χ1n) is 11.1. The minimum Gasteiger partial charge on any atom is -0.480 e. The number of urea groups is 1. The molecule has 1 aromatic rings. The third-order valence-electron chi connectivity index (χ3n) is 7.29. The van der Waals surface area contributed by atoms with Crippen molar-refractivity contribution in [2.75, 3.05) is 26.7 Å². The largest absolute Gasteiger partial charge is 0.480 e. The van der Waals surface area contributed by atoms with Crippen molar-refractivity contribution >= 4 is 12.0 Å². The van der Waals surface area contributed by atoms with Crippen LogP contribution in [0.3, 0.4) is 0 Å². The molecule has 3 aliphatic rings. The molecule has 6 heteroatoms. The molecule has 1 aromatic carbocycles. The summed E-state index contributed by atoms with van der Waals surface area (Å²) in [5.41, 5.74) is 2.91. The summed E-state index contributed by atoms with van der Waals surface area (Å²) in [4.78, 5) is 27.9. The summed E-state index contributed by atoms with van der Waals surface area (Å²) in [7, 11) is 1.87. The molecule has 0 spiro atoms. The monoisotopic (exact) mass is 399 g/mol. The third kappa shape index (κ3) is 4.58. The molecule has 0 radical (unpaired) electrons. The Morgan fingerprint density at radius 2 is 1.72 bits per heavy atom. The number of carboxylic acid groups (broad SMARTS) is 1. The van der Waals surface area contributed by atoms with Crippen LogP contribution in [0.4, 0.5) is 4.79 Å². The van der Waals surface area contributed by atoms with Gasteiger partial charge in [-0.05, 0) is 75.0 Å². The molecule has 3 unspecified atom stereocenters. The van der Waals surface area contributed by atoms with E-state index in [2.05, 4.69) is 29.6 Å². The lowest BCUT2D eigenvalue weighted by atomic mass is 9.94. The number of hydrogen-bond donors (Lipinski definition) is 2. The molecular formula is C23H33N3O3. The molecular weight excluding hydrogens is 366 g/mol. The van der Waals surface area contributed by atoms with E-state index in [0.29, 0.717) is 18.4 Å². The SMILES string of the molecule is CN(CC(=O)O)C1CCCN(C(=O)NC2C3CCC2Cc2ccccc2C3)CC1. The topological polar surface area (TPSA) is 72.9 Å². The Hall–Kier alpha value is -2.08. The van der Waals surface area contributed by atoms with E-state index >= 15 is 0 Å². The summed E-state index contributed by atoms with van der Waals surface area (Å²) in [6.45, 7) is 1.51. The van der Waals surface area contributed by atoms with Crippen LogP contribution >= 0.6 is 0 Å². The lowest BCUT2D eigenvalue weighted by Gasteiger charge is -2.29. The number of carbonyl (C=O) groups is 2. The number of amides is 2. The highest BCUT2D eigenvalue weighted by atomic mass is 16.4. The predicted octanol–water partition coefficient (Wildman–Crippen LogP) is 2.76. The fourth-order valence-corrected chi connectivity index (χ4v) is 5.69. The van der Waals surface area contributed by atoms with Crippen LogP contribution in [0, 0.1) is 11.8 Å². The van der Waals surface area contributed by atoms with Gasteiger partial charge in [-0.2, -0.15) is 0 Å². The van der Waals surface area contributed by atoms with Crippen LogP contribution in [0.5, 0.6) is 0 Å². The van der Waals surface area contributed by atoms with Gasteiger partial charge in [-0.3, -0.25) is 9.69 Å². The quantitative estimate of drug-likeness (QED) is 0.817. The normalized spacial score (nSPS) is 29.1. The van der Waals surface area contributed by atoms with Crippen molar-refractivity contribution < 1.29 is 14.7 Å². The fourth-order valence-electron chi connectivity index (χ4n) is 5.69. The van der Waals surface area contributed by atoms with E-state index in [1.54, 1.807) is 0 Å². The van der Waals surface area contributed by atoms with Crippen LogP contribution in [0.1, 0.15) is 43.2 Å². The predicted molar refractivity (Wildman–Crippen MR) is 112 cm³/mol. The molecule has 158 valence electrons. The minimum absolute atomic E-state index is 0.0584. The van der Waals surface area contributed by atoms with Gasteiger partial charge in [0, 0.05) is 25.2 Å². The van der Waals surface area contributed by atoms with Gasteiger partial charge in [-0.15, -0.1) is 0 Å². The Morgan fingerprint density at radius 3 is 2.34 bits per heavy atom. The van der Waals surface area contributed by atoms with Crippen LogP contribution in [0.15, 0.2) is 24.3 Å². The number of benzene rings is 1. The van der Waals surface area contributed by atoms with Crippen LogP contribution in [0.25, 0.3) is 0 Å². The number of nitrogens with zero attached hydrogens (tertiary/aromatic N) is 2. The van der Waals surface area contributed by atoms with Crippen molar-refractivity contribution in [2.45, 2.75) is 57.0 Å². The number of fused-ring (bicyclic) bond motifs is 3. The van der Waals surface area contributed by atoms with Gasteiger partial charge in [-0.25, -0.2) is 4.79 Å². The van der Waals surface area contributed by atoms with Crippen molar-refractivity contribution in [2.24, 2.45) is 11.8 Å². The van der Waals surface area contributed by atoms with E-state index in [1.807, 2.05) is 16.8 Å². The van der Waals surface area contributed by atoms with Gasteiger partial charge >= 0.3 is 12.0 Å². The Kier molecular flexibility index (Phi) is 6.09. The van der Waals surface area contributed by atoms with Crippen LogP contribution in [0.2, 0.25) is 0 Å². The Morgan fingerprint density at radius 1 is 1.07 bits per heavy atom. The van der Waals surface area contributed by atoms with Crippen LogP contribution in [-0.4, -0.2) is 65.7 Å². The summed E-state index contributed by atoms with van der Waals surface area (Å²) in [6, 6.07) is 9.31. The van der Waals surface area contributed by atoms with Crippen LogP contribution < -0.4 is 5.32 Å². The molecule has 1 saturated heterocycles. The standard InChI is InChI=1S/C23H33N3O3/c1-25(15-21(27)28)20-7-4-11-26(12-10-20)23(29)24-22-18-8-9-19(22)14-17-6-3-2-5-16(17)13-18/h2-3,5-6,18-20,22H,4,7-15H2,1H3,(H,24,29)(H,27,28). The van der Waals surface area contributed by atoms with E-state index in [9.17, 15) is 9.59 Å². The number of carbonyl (C=O) groups excluding carboxylic acids is 1. The highest BCUT2D eigenvalue weighted by Crippen LogP contribution is 2.40. The third-order valence-corrected chi connectivity index (χ3v) is 7.29. The molecule has 1 saturated carbocycles. The van der Waals surface area contributed by atoms with E-state index in [1.165, 1.54) is 24.0 Å². The van der Waals surface area contributed by atoms with Crippen molar-refractivity contribution in [1.29, 1.82) is 0 Å². The Balaban J connectivity index is 1.36. The Bertz CT molecular complexity index is 720. The molecule has 4 rings (SSSR count). The van der Waals surface area contributed by atoms with E-state index < -0.39 is 5.97 Å². The molecule has 29 heavy (non-hydrogen) atoms. The molecule has 2 N–H and O–H groups in total. The highest BCUT2D eigenvalue weighted by molar-refractivity contribution is 5.74. The molecule has 1 heterocycles. The van der Waals surface area contributed by atoms with E-state index in [-0.39, 0.29) is 24.7 Å². The van der Waals surface area contributed by atoms with Gasteiger partial charge in [0.05, 0.1) is 6.54 Å². The van der Waals surface area contributed by atoms with Crippen molar-refractivity contribution in [3.8, 4) is 0 Å². The number of nitrogens with one attached hydrogen (secondary N) is 1. The summed E-state index contributed by atoms with van der Waals surface area (Å²) in [5, 5.41) is 12.4. The van der Waals surface area contributed by atoms with Gasteiger partial charge in [0.1, 0.15) is 0 Å². The van der Waals surface area contributed by atoms with Gasteiger partial charge in [0.25, 0.3) is 0 Å². The zero-order valence-electron chi connectivity index (χ0n) is 17.3. The average molecular weight is 400 g/mol. The van der Waals surface area contributed by atoms with Gasteiger partial charge in [0.2, 0.25) is 0 Å². The fraction of sp³-hybridized carbons (Fsp3) is 0.652. The number of likely N-dealkylation sites (N-methyl/N-ethyl adjacent to an activating group) is 1. The van der Waals surface area contributed by atoms with Crippen molar-refractivity contribution in [3.05, 3.63) is 35.4 Å².